The minimum atomic E-state index is 0.869. The number of halogens is 1. The third-order valence-corrected chi connectivity index (χ3v) is 1.98. The largest absolute Gasteiger partial charge is 0.368 e. The Kier molecular flexibility index (Phi) is 2.64. The van der Waals surface area contributed by atoms with Crippen molar-refractivity contribution < 1.29 is 0 Å². The molecule has 1 rings (SSSR count). The normalized spacial score (nSPS) is 9.50. The smallest absolute Gasteiger partial charge is 0.106 e. The molecule has 4 heteroatoms. The highest BCUT2D eigenvalue weighted by atomic mass is 79.9. The van der Waals surface area contributed by atoms with Crippen molar-refractivity contribution in [1.82, 2.24) is 4.98 Å². The van der Waals surface area contributed by atoms with E-state index in [0.717, 1.165) is 10.3 Å². The highest BCUT2D eigenvalue weighted by molar-refractivity contribution is 9.10. The molecule has 0 aromatic carbocycles. The van der Waals surface area contributed by atoms with Crippen molar-refractivity contribution in [3.63, 3.8) is 0 Å². The van der Waals surface area contributed by atoms with Gasteiger partial charge >= 0.3 is 0 Å². The zero-order chi connectivity index (χ0) is 7.56. The number of aryl methyl sites for hydroxylation is 1. The predicted molar refractivity (Wildman–Crippen MR) is 50.0 cm³/mol. The SMILES string of the molecule is Cc1cc(Br)ncc1NP. The lowest BCUT2D eigenvalue weighted by Gasteiger charge is -2.02. The molecule has 0 spiro atoms. The molecule has 0 saturated heterocycles. The van der Waals surface area contributed by atoms with Crippen LogP contribution in [0, 0.1) is 6.92 Å². The highest BCUT2D eigenvalue weighted by Gasteiger charge is 1.95. The first-order chi connectivity index (χ1) is 4.74. The zero-order valence-electron chi connectivity index (χ0n) is 5.56. The van der Waals surface area contributed by atoms with Crippen LogP contribution >= 0.6 is 25.3 Å². The predicted octanol–water partition coefficient (Wildman–Crippen LogP) is 2.35. The molecule has 0 saturated carbocycles. The van der Waals surface area contributed by atoms with Gasteiger partial charge in [-0.05, 0) is 43.9 Å². The van der Waals surface area contributed by atoms with E-state index < -0.39 is 0 Å². The van der Waals surface area contributed by atoms with Crippen molar-refractivity contribution in [1.29, 1.82) is 0 Å². The minimum absolute atomic E-state index is 0.869. The van der Waals surface area contributed by atoms with Gasteiger partial charge in [0, 0.05) is 0 Å². The Morgan fingerprint density at radius 2 is 2.40 bits per heavy atom. The van der Waals surface area contributed by atoms with E-state index in [-0.39, 0.29) is 0 Å². The molecule has 10 heavy (non-hydrogen) atoms. The Hall–Kier alpha value is -0.140. The molecule has 0 bridgehead atoms. The van der Waals surface area contributed by atoms with Crippen LogP contribution in [0.2, 0.25) is 0 Å². The van der Waals surface area contributed by atoms with E-state index in [0.29, 0.717) is 0 Å². The van der Waals surface area contributed by atoms with E-state index in [1.54, 1.807) is 6.20 Å². The van der Waals surface area contributed by atoms with E-state index in [1.165, 1.54) is 5.56 Å². The van der Waals surface area contributed by atoms with Crippen LogP contribution in [-0.4, -0.2) is 4.98 Å². The van der Waals surface area contributed by atoms with Crippen molar-refractivity contribution >= 4 is 31.0 Å². The van der Waals surface area contributed by atoms with E-state index in [2.05, 4.69) is 35.4 Å². The minimum Gasteiger partial charge on any atom is -0.368 e. The number of hydrogen-bond donors (Lipinski definition) is 1. The number of hydrogen-bond acceptors (Lipinski definition) is 2. The van der Waals surface area contributed by atoms with Crippen LogP contribution in [0.15, 0.2) is 16.9 Å². The average Bonchev–Trinajstić information content (AvgIpc) is 1.88. The molecule has 0 aliphatic carbocycles. The summed E-state index contributed by atoms with van der Waals surface area (Å²) in [6.07, 6.45) is 1.78. The Morgan fingerprint density at radius 3 is 2.90 bits per heavy atom. The summed E-state index contributed by atoms with van der Waals surface area (Å²) >= 11 is 3.28. The van der Waals surface area contributed by atoms with Gasteiger partial charge in [0.15, 0.2) is 0 Å². The lowest BCUT2D eigenvalue weighted by Crippen LogP contribution is -1.86. The van der Waals surface area contributed by atoms with Crippen LogP contribution in [-0.2, 0) is 0 Å². The van der Waals surface area contributed by atoms with Gasteiger partial charge in [-0.3, -0.25) is 0 Å². The molecule has 54 valence electrons. The van der Waals surface area contributed by atoms with Gasteiger partial charge in [-0.15, -0.1) is 0 Å². The molecule has 1 unspecified atom stereocenters. The molecule has 1 atom stereocenters. The fraction of sp³-hybridized carbons (Fsp3) is 0.167. The molecule has 1 aromatic heterocycles. The van der Waals surface area contributed by atoms with Gasteiger partial charge < -0.3 is 5.09 Å². The van der Waals surface area contributed by atoms with Crippen molar-refractivity contribution in [3.8, 4) is 0 Å². The highest BCUT2D eigenvalue weighted by Crippen LogP contribution is 2.17. The standard InChI is InChI=1S/C6H8BrN2P/c1-4-2-6(7)8-3-5(4)9-10/h2-3,9H,10H2,1H3. The van der Waals surface area contributed by atoms with Crippen molar-refractivity contribution in [2.24, 2.45) is 0 Å². The lowest BCUT2D eigenvalue weighted by atomic mass is 10.3. The molecule has 0 radical (unpaired) electrons. The summed E-state index contributed by atoms with van der Waals surface area (Å²) in [5, 5.41) is 2.96. The maximum Gasteiger partial charge on any atom is 0.106 e. The molecule has 1 aromatic rings. The van der Waals surface area contributed by atoms with Crippen molar-refractivity contribution in [3.05, 3.63) is 22.4 Å². The van der Waals surface area contributed by atoms with Gasteiger partial charge in [-0.25, -0.2) is 4.98 Å². The van der Waals surface area contributed by atoms with Crippen LogP contribution in [0.25, 0.3) is 0 Å². The molecule has 0 amide bonds. The molecule has 2 nitrogen and oxygen atoms in total. The third-order valence-electron chi connectivity index (χ3n) is 1.23. The van der Waals surface area contributed by atoms with E-state index >= 15 is 0 Å². The van der Waals surface area contributed by atoms with Gasteiger partial charge in [-0.2, -0.15) is 0 Å². The van der Waals surface area contributed by atoms with Crippen LogP contribution in [0.5, 0.6) is 0 Å². The summed E-state index contributed by atoms with van der Waals surface area (Å²) in [6.45, 7) is 2.03. The molecule has 1 heterocycles. The fourth-order valence-electron chi connectivity index (χ4n) is 0.673. The van der Waals surface area contributed by atoms with Gasteiger partial charge in [-0.1, -0.05) is 0 Å². The zero-order valence-corrected chi connectivity index (χ0v) is 8.30. The second-order valence-electron chi connectivity index (χ2n) is 1.97. The Morgan fingerprint density at radius 1 is 1.70 bits per heavy atom. The number of pyridine rings is 1. The maximum atomic E-state index is 4.05. The summed E-state index contributed by atoms with van der Waals surface area (Å²) < 4.78 is 0.869. The molecule has 0 aliphatic rings. The number of anilines is 1. The van der Waals surface area contributed by atoms with E-state index in [9.17, 15) is 0 Å². The van der Waals surface area contributed by atoms with Crippen LogP contribution in [0.3, 0.4) is 0 Å². The van der Waals surface area contributed by atoms with Gasteiger partial charge in [0.05, 0.1) is 11.9 Å². The number of nitrogens with zero attached hydrogens (tertiary/aromatic N) is 1. The maximum absolute atomic E-state index is 4.05. The summed E-state index contributed by atoms with van der Waals surface area (Å²) in [7, 11) is 2.44. The van der Waals surface area contributed by atoms with Gasteiger partial charge in [0.2, 0.25) is 0 Å². The molecule has 1 N–H and O–H groups in total. The molecule has 0 fully saturated rings. The summed E-state index contributed by atoms with van der Waals surface area (Å²) in [6, 6.07) is 1.96. The number of nitrogens with one attached hydrogen (secondary N) is 1. The summed E-state index contributed by atoms with van der Waals surface area (Å²) in [5.74, 6) is 0. The second-order valence-corrected chi connectivity index (χ2v) is 3.07. The first-order valence-electron chi connectivity index (χ1n) is 2.83. The van der Waals surface area contributed by atoms with E-state index in [4.69, 9.17) is 0 Å². The Bertz CT molecular complexity index is 239. The number of rotatable bonds is 1. The van der Waals surface area contributed by atoms with E-state index in [1.807, 2.05) is 13.0 Å². The molecule has 0 aliphatic heterocycles. The van der Waals surface area contributed by atoms with Crippen molar-refractivity contribution in [2.75, 3.05) is 5.09 Å². The van der Waals surface area contributed by atoms with Crippen LogP contribution in [0.4, 0.5) is 5.69 Å². The Labute approximate surface area is 70.8 Å². The Balaban J connectivity index is 3.07. The quantitative estimate of drug-likeness (QED) is 0.579. The van der Waals surface area contributed by atoms with Gasteiger partial charge in [0.25, 0.3) is 0 Å². The van der Waals surface area contributed by atoms with Gasteiger partial charge in [0.1, 0.15) is 4.60 Å². The van der Waals surface area contributed by atoms with Crippen molar-refractivity contribution in [2.45, 2.75) is 6.92 Å². The lowest BCUT2D eigenvalue weighted by molar-refractivity contribution is 1.25. The molecular formula is C6H8BrN2P. The summed E-state index contributed by atoms with van der Waals surface area (Å²) in [5.41, 5.74) is 2.21. The third kappa shape index (κ3) is 1.68. The first-order valence-corrected chi connectivity index (χ1v) is 4.20. The van der Waals surface area contributed by atoms with Crippen LogP contribution < -0.4 is 5.09 Å². The summed E-state index contributed by atoms with van der Waals surface area (Å²) in [4.78, 5) is 4.05. The van der Waals surface area contributed by atoms with Crippen LogP contribution in [0.1, 0.15) is 5.56 Å². The molecular weight excluding hydrogens is 211 g/mol. The average molecular weight is 219 g/mol. The first kappa shape index (κ1) is 7.96. The topological polar surface area (TPSA) is 24.9 Å². The second kappa shape index (κ2) is 3.31. The number of aromatic nitrogens is 1. The fourth-order valence-corrected chi connectivity index (χ4v) is 1.42. The monoisotopic (exact) mass is 218 g/mol.